The van der Waals surface area contributed by atoms with Crippen LogP contribution in [0.15, 0.2) is 28.9 Å². The fraction of sp³-hybridized carbons (Fsp3) is 0.471. The first-order valence-corrected chi connectivity index (χ1v) is 8.12. The Morgan fingerprint density at radius 2 is 2.12 bits per heavy atom. The minimum Gasteiger partial charge on any atom is -0.481 e. The van der Waals surface area contributed by atoms with Gasteiger partial charge in [-0.25, -0.2) is 9.48 Å². The number of carbonyl (C=O) groups is 2. The molecular weight excluding hydrogens is 324 g/mol. The number of nitrogens with zero attached hydrogens (tertiary/aromatic N) is 2. The number of carboxylic acid groups (broad SMARTS) is 1. The van der Waals surface area contributed by atoms with Gasteiger partial charge >= 0.3 is 12.0 Å². The van der Waals surface area contributed by atoms with Crippen LogP contribution in [-0.4, -0.2) is 32.4 Å². The van der Waals surface area contributed by atoms with Gasteiger partial charge in [0.05, 0.1) is 6.26 Å². The summed E-state index contributed by atoms with van der Waals surface area (Å²) < 4.78 is 7.04. The summed E-state index contributed by atoms with van der Waals surface area (Å²) in [6, 6.07) is 4.94. The number of rotatable bonds is 7. The summed E-state index contributed by atoms with van der Waals surface area (Å²) in [7, 11) is 0. The van der Waals surface area contributed by atoms with Crippen LogP contribution < -0.4 is 10.6 Å². The number of nitrogens with one attached hydrogen (secondary N) is 2. The highest BCUT2D eigenvalue weighted by molar-refractivity contribution is 5.89. The molecule has 2 aromatic rings. The summed E-state index contributed by atoms with van der Waals surface area (Å²) in [6.45, 7) is 7.48. The molecule has 8 nitrogen and oxygen atoms in total. The summed E-state index contributed by atoms with van der Waals surface area (Å²) in [5, 5.41) is 18.8. The number of carboxylic acids is 1. The highest BCUT2D eigenvalue weighted by Crippen LogP contribution is 2.25. The number of aliphatic carboxylic acids is 1. The molecule has 2 heterocycles. The van der Waals surface area contributed by atoms with Gasteiger partial charge in [-0.2, -0.15) is 5.10 Å². The van der Waals surface area contributed by atoms with Crippen molar-refractivity contribution < 1.29 is 19.1 Å². The van der Waals surface area contributed by atoms with E-state index in [2.05, 4.69) is 15.7 Å². The Hall–Kier alpha value is -2.77. The van der Waals surface area contributed by atoms with E-state index in [1.807, 2.05) is 13.8 Å². The van der Waals surface area contributed by atoms with Crippen molar-refractivity contribution in [2.75, 3.05) is 5.32 Å². The van der Waals surface area contributed by atoms with E-state index in [0.717, 1.165) is 0 Å². The summed E-state index contributed by atoms with van der Waals surface area (Å²) >= 11 is 0. The molecule has 8 heteroatoms. The van der Waals surface area contributed by atoms with Crippen molar-refractivity contribution in [1.82, 2.24) is 15.1 Å². The molecule has 0 bridgehead atoms. The van der Waals surface area contributed by atoms with Crippen molar-refractivity contribution in [3.8, 4) is 11.5 Å². The average Bonchev–Trinajstić information content (AvgIpc) is 3.13. The lowest BCUT2D eigenvalue weighted by Gasteiger charge is -2.25. The van der Waals surface area contributed by atoms with Gasteiger partial charge < -0.3 is 14.8 Å². The van der Waals surface area contributed by atoms with Crippen LogP contribution in [0.4, 0.5) is 10.6 Å². The Morgan fingerprint density at radius 1 is 1.40 bits per heavy atom. The zero-order valence-corrected chi connectivity index (χ0v) is 14.9. The van der Waals surface area contributed by atoms with Crippen molar-refractivity contribution in [2.45, 2.75) is 52.1 Å². The van der Waals surface area contributed by atoms with Gasteiger partial charge in [-0.1, -0.05) is 0 Å². The Balaban J connectivity index is 2.10. The molecule has 0 saturated carbocycles. The molecule has 0 fully saturated rings. The minimum absolute atomic E-state index is 0.0140. The molecular formula is C17H24N4O4. The topological polar surface area (TPSA) is 109 Å². The van der Waals surface area contributed by atoms with Gasteiger partial charge in [-0.15, -0.1) is 0 Å². The van der Waals surface area contributed by atoms with Crippen molar-refractivity contribution in [1.29, 1.82) is 0 Å². The monoisotopic (exact) mass is 348 g/mol. The van der Waals surface area contributed by atoms with Gasteiger partial charge in [-0.05, 0) is 46.2 Å². The van der Waals surface area contributed by atoms with Crippen LogP contribution in [0.25, 0.3) is 11.5 Å². The zero-order chi connectivity index (χ0) is 18.6. The molecule has 0 radical (unpaired) electrons. The van der Waals surface area contributed by atoms with Crippen LogP contribution in [0.1, 0.15) is 46.6 Å². The fourth-order valence-electron chi connectivity index (χ4n) is 2.36. The Morgan fingerprint density at radius 3 is 2.68 bits per heavy atom. The van der Waals surface area contributed by atoms with E-state index < -0.39 is 17.5 Å². The maximum Gasteiger partial charge on any atom is 0.320 e. The number of amides is 2. The van der Waals surface area contributed by atoms with Crippen molar-refractivity contribution in [2.24, 2.45) is 0 Å². The van der Waals surface area contributed by atoms with Gasteiger partial charge in [0.1, 0.15) is 11.5 Å². The Labute approximate surface area is 146 Å². The number of carbonyl (C=O) groups excluding carboxylic acids is 1. The van der Waals surface area contributed by atoms with E-state index >= 15 is 0 Å². The predicted octanol–water partition coefficient (Wildman–Crippen LogP) is 3.49. The van der Waals surface area contributed by atoms with E-state index in [0.29, 0.717) is 23.7 Å². The zero-order valence-electron chi connectivity index (χ0n) is 14.9. The van der Waals surface area contributed by atoms with Crippen LogP contribution in [-0.2, 0) is 4.79 Å². The third-order valence-electron chi connectivity index (χ3n) is 3.66. The maximum atomic E-state index is 12.3. The molecule has 0 aromatic carbocycles. The van der Waals surface area contributed by atoms with E-state index in [1.165, 1.54) is 0 Å². The van der Waals surface area contributed by atoms with Gasteiger partial charge in [-0.3, -0.25) is 10.1 Å². The highest BCUT2D eigenvalue weighted by atomic mass is 16.4. The molecule has 2 aromatic heterocycles. The molecule has 0 unspecified atom stereocenters. The largest absolute Gasteiger partial charge is 0.481 e. The first-order chi connectivity index (χ1) is 11.7. The SMILES string of the molecule is CC(C)n1nc(-c2ccco2)cc1NC(=O)NC(C)(C)CCC(=O)O. The molecule has 3 N–H and O–H groups in total. The molecule has 25 heavy (non-hydrogen) atoms. The second kappa shape index (κ2) is 7.42. The second-order valence-electron chi connectivity index (χ2n) is 6.79. The Bertz CT molecular complexity index is 732. The molecule has 0 spiro atoms. The lowest BCUT2D eigenvalue weighted by molar-refractivity contribution is -0.137. The fourth-order valence-corrected chi connectivity index (χ4v) is 2.36. The van der Waals surface area contributed by atoms with Gasteiger partial charge in [0.15, 0.2) is 5.76 Å². The molecule has 0 aliphatic heterocycles. The number of anilines is 1. The molecule has 0 aliphatic carbocycles. The molecule has 0 saturated heterocycles. The summed E-state index contributed by atoms with van der Waals surface area (Å²) in [5.74, 6) is 0.258. The van der Waals surface area contributed by atoms with Crippen molar-refractivity contribution >= 4 is 17.8 Å². The van der Waals surface area contributed by atoms with Crippen LogP contribution >= 0.6 is 0 Å². The molecule has 0 atom stereocenters. The van der Waals surface area contributed by atoms with Crippen LogP contribution in [0.5, 0.6) is 0 Å². The van der Waals surface area contributed by atoms with Crippen molar-refractivity contribution in [3.05, 3.63) is 24.5 Å². The molecule has 2 amide bonds. The quantitative estimate of drug-likeness (QED) is 0.709. The van der Waals surface area contributed by atoms with E-state index in [9.17, 15) is 9.59 Å². The molecule has 2 rings (SSSR count). The number of hydrogen-bond acceptors (Lipinski definition) is 4. The van der Waals surface area contributed by atoms with Crippen molar-refractivity contribution in [3.63, 3.8) is 0 Å². The predicted molar refractivity (Wildman–Crippen MR) is 93.4 cm³/mol. The number of furan rings is 1. The van der Waals surface area contributed by atoms with Gasteiger partial charge in [0.2, 0.25) is 0 Å². The number of hydrogen-bond donors (Lipinski definition) is 3. The van der Waals surface area contributed by atoms with E-state index in [-0.39, 0.29) is 12.5 Å². The van der Waals surface area contributed by atoms with Crippen LogP contribution in [0.2, 0.25) is 0 Å². The molecule has 136 valence electrons. The average molecular weight is 348 g/mol. The van der Waals surface area contributed by atoms with Gasteiger partial charge in [0.25, 0.3) is 0 Å². The van der Waals surface area contributed by atoms with E-state index in [1.54, 1.807) is 43.0 Å². The summed E-state index contributed by atoms with van der Waals surface area (Å²) in [4.78, 5) is 23.0. The normalized spacial score (nSPS) is 11.6. The minimum atomic E-state index is -0.892. The third kappa shape index (κ3) is 5.10. The van der Waals surface area contributed by atoms with Crippen LogP contribution in [0, 0.1) is 0 Å². The Kier molecular flexibility index (Phi) is 5.51. The lowest BCUT2D eigenvalue weighted by atomic mass is 9.99. The summed E-state index contributed by atoms with van der Waals surface area (Å²) in [5.41, 5.74) is -0.0197. The first-order valence-electron chi connectivity index (χ1n) is 8.12. The first kappa shape index (κ1) is 18.6. The maximum absolute atomic E-state index is 12.3. The third-order valence-corrected chi connectivity index (χ3v) is 3.66. The summed E-state index contributed by atoms with van der Waals surface area (Å²) in [6.07, 6.45) is 1.88. The number of urea groups is 1. The highest BCUT2D eigenvalue weighted by Gasteiger charge is 2.23. The molecule has 0 aliphatic rings. The van der Waals surface area contributed by atoms with Gasteiger partial charge in [0, 0.05) is 24.1 Å². The second-order valence-corrected chi connectivity index (χ2v) is 6.79. The van der Waals surface area contributed by atoms with E-state index in [4.69, 9.17) is 9.52 Å². The number of aromatic nitrogens is 2. The lowest BCUT2D eigenvalue weighted by Crippen LogP contribution is -2.46. The smallest absolute Gasteiger partial charge is 0.320 e. The van der Waals surface area contributed by atoms with Crippen LogP contribution in [0.3, 0.4) is 0 Å². The standard InChI is InChI=1S/C17H24N4O4/c1-11(2)21-14(10-12(20-21)13-6-5-9-25-13)18-16(24)19-17(3,4)8-7-15(22)23/h5-6,9-11H,7-8H2,1-4H3,(H,22,23)(H2,18,19,24).